The SMILES string of the molecule is CC(=O)OC1CCC2(C)C(=CCC3C2CCC2(C)C(/C(C)=C/CC=C(C)C)CCC32)C1. The molecule has 4 aliphatic rings. The van der Waals surface area contributed by atoms with Gasteiger partial charge in [-0.15, -0.1) is 0 Å². The molecule has 3 fully saturated rings. The third kappa shape index (κ3) is 4.09. The molecular weight excluding hydrogens is 380 g/mol. The van der Waals surface area contributed by atoms with Gasteiger partial charge in [-0.3, -0.25) is 4.79 Å². The lowest BCUT2D eigenvalue weighted by atomic mass is 9.47. The molecule has 2 nitrogen and oxygen atoms in total. The Balaban J connectivity index is 1.52. The maximum absolute atomic E-state index is 11.5. The van der Waals surface area contributed by atoms with Gasteiger partial charge in [-0.05, 0) is 107 Å². The maximum atomic E-state index is 11.5. The lowest BCUT2D eigenvalue weighted by Gasteiger charge is -2.58. The summed E-state index contributed by atoms with van der Waals surface area (Å²) in [5.74, 6) is 3.16. The second kappa shape index (κ2) is 8.56. The van der Waals surface area contributed by atoms with Crippen LogP contribution >= 0.6 is 0 Å². The zero-order chi connectivity index (χ0) is 22.4. The lowest BCUT2D eigenvalue weighted by Crippen LogP contribution is -2.50. The van der Waals surface area contributed by atoms with Crippen LogP contribution in [0.3, 0.4) is 0 Å². The molecular formula is C29H44O2. The molecule has 0 bridgehead atoms. The van der Waals surface area contributed by atoms with E-state index >= 15 is 0 Å². The first kappa shape index (κ1) is 22.9. The predicted molar refractivity (Wildman–Crippen MR) is 129 cm³/mol. The van der Waals surface area contributed by atoms with Crippen molar-refractivity contribution in [1.29, 1.82) is 0 Å². The minimum absolute atomic E-state index is 0.103. The zero-order valence-electron chi connectivity index (χ0n) is 20.8. The zero-order valence-corrected chi connectivity index (χ0v) is 20.8. The van der Waals surface area contributed by atoms with Crippen LogP contribution in [0.15, 0.2) is 34.9 Å². The molecule has 0 aromatic carbocycles. The highest BCUT2D eigenvalue weighted by Crippen LogP contribution is 2.67. The molecule has 0 radical (unpaired) electrons. The van der Waals surface area contributed by atoms with E-state index in [1.54, 1.807) is 18.1 Å². The van der Waals surface area contributed by atoms with E-state index in [1.165, 1.54) is 44.1 Å². The number of carbonyl (C=O) groups excluding carboxylic acids is 1. The van der Waals surface area contributed by atoms with E-state index in [9.17, 15) is 4.79 Å². The molecule has 0 heterocycles. The van der Waals surface area contributed by atoms with Gasteiger partial charge in [0.05, 0.1) is 0 Å². The summed E-state index contributed by atoms with van der Waals surface area (Å²) >= 11 is 0. The van der Waals surface area contributed by atoms with Crippen molar-refractivity contribution < 1.29 is 9.53 Å². The van der Waals surface area contributed by atoms with E-state index in [1.807, 2.05) is 0 Å². The van der Waals surface area contributed by atoms with E-state index < -0.39 is 0 Å². The summed E-state index contributed by atoms with van der Waals surface area (Å²) in [6, 6.07) is 0. The van der Waals surface area contributed by atoms with Crippen molar-refractivity contribution >= 4 is 5.97 Å². The first-order valence-corrected chi connectivity index (χ1v) is 12.8. The number of carbonyl (C=O) groups is 1. The van der Waals surface area contributed by atoms with Crippen molar-refractivity contribution in [3.63, 3.8) is 0 Å². The summed E-state index contributed by atoms with van der Waals surface area (Å²) in [5, 5.41) is 0. The summed E-state index contributed by atoms with van der Waals surface area (Å²) in [4.78, 5) is 11.5. The molecule has 0 amide bonds. The van der Waals surface area contributed by atoms with Gasteiger partial charge in [-0.25, -0.2) is 0 Å². The van der Waals surface area contributed by atoms with Gasteiger partial charge < -0.3 is 4.74 Å². The van der Waals surface area contributed by atoms with E-state index in [2.05, 4.69) is 52.8 Å². The third-order valence-corrected chi connectivity index (χ3v) is 9.91. The number of allylic oxidation sites excluding steroid dienone is 5. The lowest BCUT2D eigenvalue weighted by molar-refractivity contribution is -0.148. The number of rotatable bonds is 4. The fourth-order valence-electron chi connectivity index (χ4n) is 8.33. The predicted octanol–water partition coefficient (Wildman–Crippen LogP) is 7.80. The molecule has 0 aliphatic heterocycles. The minimum Gasteiger partial charge on any atom is -0.462 e. The first-order chi connectivity index (χ1) is 14.6. The normalized spacial score (nSPS) is 42.1. The van der Waals surface area contributed by atoms with Gasteiger partial charge in [0.1, 0.15) is 6.10 Å². The van der Waals surface area contributed by atoms with Crippen LogP contribution < -0.4 is 0 Å². The fraction of sp³-hybridized carbons (Fsp3) is 0.759. The molecule has 4 rings (SSSR count). The smallest absolute Gasteiger partial charge is 0.302 e. The van der Waals surface area contributed by atoms with E-state index in [-0.39, 0.29) is 12.1 Å². The molecule has 7 unspecified atom stereocenters. The first-order valence-electron chi connectivity index (χ1n) is 12.8. The molecule has 0 saturated heterocycles. The molecule has 0 N–H and O–H groups in total. The Bertz CT molecular complexity index is 798. The van der Waals surface area contributed by atoms with Crippen LogP contribution in [-0.2, 0) is 9.53 Å². The maximum Gasteiger partial charge on any atom is 0.302 e. The average molecular weight is 425 g/mol. The third-order valence-electron chi connectivity index (χ3n) is 9.91. The number of ether oxygens (including phenoxy) is 1. The summed E-state index contributed by atoms with van der Waals surface area (Å²) in [5.41, 5.74) is 5.46. The van der Waals surface area contributed by atoms with E-state index in [0.717, 1.165) is 42.9 Å². The van der Waals surface area contributed by atoms with Crippen LogP contribution in [0.25, 0.3) is 0 Å². The van der Waals surface area contributed by atoms with Gasteiger partial charge in [0.2, 0.25) is 0 Å². The quantitative estimate of drug-likeness (QED) is 0.340. The van der Waals surface area contributed by atoms with Crippen LogP contribution in [0, 0.1) is 34.5 Å². The van der Waals surface area contributed by atoms with Gasteiger partial charge >= 0.3 is 5.97 Å². The van der Waals surface area contributed by atoms with Crippen molar-refractivity contribution in [3.8, 4) is 0 Å². The van der Waals surface area contributed by atoms with Gasteiger partial charge in [0.15, 0.2) is 0 Å². The number of hydrogen-bond acceptors (Lipinski definition) is 2. The topological polar surface area (TPSA) is 26.3 Å². The minimum atomic E-state index is -0.124. The molecule has 0 aromatic heterocycles. The fourth-order valence-corrected chi connectivity index (χ4v) is 8.33. The Kier molecular flexibility index (Phi) is 6.32. The van der Waals surface area contributed by atoms with Gasteiger partial charge in [0, 0.05) is 13.3 Å². The van der Waals surface area contributed by atoms with Gasteiger partial charge in [0.25, 0.3) is 0 Å². The number of fused-ring (bicyclic) bond motifs is 5. The molecule has 4 aliphatic carbocycles. The van der Waals surface area contributed by atoms with Gasteiger partial charge in [-0.1, -0.05) is 48.8 Å². The Hall–Kier alpha value is -1.31. The Morgan fingerprint density at radius 2 is 1.81 bits per heavy atom. The molecule has 2 heteroatoms. The summed E-state index contributed by atoms with van der Waals surface area (Å²) in [6.45, 7) is 13.5. The van der Waals surface area contributed by atoms with Crippen molar-refractivity contribution in [2.75, 3.05) is 0 Å². The van der Waals surface area contributed by atoms with Crippen molar-refractivity contribution in [2.45, 2.75) is 105 Å². The molecule has 7 atom stereocenters. The van der Waals surface area contributed by atoms with Crippen LogP contribution in [-0.4, -0.2) is 12.1 Å². The van der Waals surface area contributed by atoms with Crippen molar-refractivity contribution in [2.24, 2.45) is 34.5 Å². The van der Waals surface area contributed by atoms with Gasteiger partial charge in [-0.2, -0.15) is 0 Å². The second-order valence-corrected chi connectivity index (χ2v) is 11.9. The molecule has 172 valence electrons. The van der Waals surface area contributed by atoms with Crippen molar-refractivity contribution in [3.05, 3.63) is 34.9 Å². The molecule has 31 heavy (non-hydrogen) atoms. The molecule has 0 aromatic rings. The molecule has 0 spiro atoms. The molecule has 3 saturated carbocycles. The highest BCUT2D eigenvalue weighted by atomic mass is 16.5. The number of esters is 1. The Morgan fingerprint density at radius 3 is 2.52 bits per heavy atom. The number of hydrogen-bond donors (Lipinski definition) is 0. The van der Waals surface area contributed by atoms with E-state index in [4.69, 9.17) is 4.74 Å². The van der Waals surface area contributed by atoms with Crippen LogP contribution in [0.2, 0.25) is 0 Å². The summed E-state index contributed by atoms with van der Waals surface area (Å²) in [7, 11) is 0. The second-order valence-electron chi connectivity index (χ2n) is 11.9. The van der Waals surface area contributed by atoms with Crippen LogP contribution in [0.5, 0.6) is 0 Å². The van der Waals surface area contributed by atoms with Crippen LogP contribution in [0.1, 0.15) is 99.3 Å². The summed E-state index contributed by atoms with van der Waals surface area (Å²) < 4.78 is 5.60. The Morgan fingerprint density at radius 1 is 1.03 bits per heavy atom. The monoisotopic (exact) mass is 424 g/mol. The standard InChI is InChI=1S/C29H44O2/c1-19(2)8-7-9-20(3)25-12-13-26-24-11-10-22-18-23(31-21(4)30)14-16-28(22,5)27(24)15-17-29(25,26)6/h8-10,23-27H,7,11-18H2,1-6H3/b20-9+. The summed E-state index contributed by atoms with van der Waals surface area (Å²) in [6.07, 6.45) is 18.6. The average Bonchev–Trinajstić information content (AvgIpc) is 3.05. The van der Waals surface area contributed by atoms with E-state index in [0.29, 0.717) is 10.8 Å². The highest BCUT2D eigenvalue weighted by Gasteiger charge is 2.58. The highest BCUT2D eigenvalue weighted by molar-refractivity contribution is 5.66. The van der Waals surface area contributed by atoms with Crippen LogP contribution in [0.4, 0.5) is 0 Å². The van der Waals surface area contributed by atoms with Crippen molar-refractivity contribution in [1.82, 2.24) is 0 Å². The Labute approximate surface area is 190 Å². The largest absolute Gasteiger partial charge is 0.462 e.